The van der Waals surface area contributed by atoms with E-state index in [1.165, 1.54) is 7.16 Å². The summed E-state index contributed by atoms with van der Waals surface area (Å²) in [6, 6.07) is 21.1. The van der Waals surface area contributed by atoms with E-state index in [1.807, 2.05) is 12.1 Å². The molecule has 0 saturated carbocycles. The molecule has 0 bridgehead atoms. The van der Waals surface area contributed by atoms with Crippen LogP contribution in [0.4, 0.5) is 0 Å². The first kappa shape index (κ1) is 13.1. The summed E-state index contributed by atoms with van der Waals surface area (Å²) in [7, 11) is 0. The Hall–Kier alpha value is -0.321. The Balaban J connectivity index is 2.47. The van der Waals surface area contributed by atoms with E-state index in [1.54, 1.807) is 0 Å². The Labute approximate surface area is 112 Å². The molecule has 0 radical (unpaired) electrons. The molecule has 3 heteroatoms. The summed E-state index contributed by atoms with van der Waals surface area (Å²) in [6.07, 6.45) is 0. The van der Waals surface area contributed by atoms with Crippen molar-refractivity contribution in [3.05, 3.63) is 60.7 Å². The molecule has 2 aromatic rings. The Morgan fingerprint density at radius 1 is 0.824 bits per heavy atom. The van der Waals surface area contributed by atoms with Gasteiger partial charge in [-0.05, 0) is 0 Å². The first-order valence-corrected chi connectivity index (χ1v) is 17.0. The first-order chi connectivity index (χ1) is 8.27. The maximum absolute atomic E-state index is 9.35. The molecule has 2 rings (SSSR count). The van der Waals surface area contributed by atoms with Gasteiger partial charge in [-0.1, -0.05) is 0 Å². The Bertz CT molecular complexity index is 419. The second kappa shape index (κ2) is 6.03. The van der Waals surface area contributed by atoms with Crippen LogP contribution >= 0.6 is 12.7 Å². The van der Waals surface area contributed by atoms with Crippen molar-refractivity contribution in [1.29, 1.82) is 0 Å². The molecule has 0 spiro atoms. The second-order valence-corrected chi connectivity index (χ2v) is 22.4. The summed E-state index contributed by atoms with van der Waals surface area (Å²) in [6.45, 7) is 0.241. The molecular formula is C14H15BrOSn. The van der Waals surface area contributed by atoms with Crippen molar-refractivity contribution in [2.75, 3.05) is 6.61 Å². The summed E-state index contributed by atoms with van der Waals surface area (Å²) < 4.78 is 3.62. The van der Waals surface area contributed by atoms with E-state index in [2.05, 4.69) is 61.2 Å². The van der Waals surface area contributed by atoms with Crippen molar-refractivity contribution in [3.63, 3.8) is 0 Å². The van der Waals surface area contributed by atoms with Crippen LogP contribution in [0.15, 0.2) is 60.7 Å². The maximum atomic E-state index is 9.35. The summed E-state index contributed by atoms with van der Waals surface area (Å²) in [4.78, 5) is 0. The third-order valence-electron chi connectivity index (χ3n) is 2.92. The topological polar surface area (TPSA) is 20.2 Å². The van der Waals surface area contributed by atoms with Gasteiger partial charge in [0.2, 0.25) is 0 Å². The van der Waals surface area contributed by atoms with Gasteiger partial charge in [-0.2, -0.15) is 0 Å². The third kappa shape index (κ3) is 2.92. The van der Waals surface area contributed by atoms with Crippen LogP contribution in [-0.4, -0.2) is 27.9 Å². The monoisotopic (exact) mass is 398 g/mol. The second-order valence-electron chi connectivity index (χ2n) is 4.01. The Morgan fingerprint density at radius 2 is 1.24 bits per heavy atom. The predicted octanol–water partition coefficient (Wildman–Crippen LogP) is 2.13. The molecule has 0 heterocycles. The average Bonchev–Trinajstić information content (AvgIpc) is 2.41. The zero-order valence-corrected chi connectivity index (χ0v) is 14.0. The number of hydrogen-bond donors (Lipinski definition) is 1. The van der Waals surface area contributed by atoms with Gasteiger partial charge in [0.05, 0.1) is 0 Å². The van der Waals surface area contributed by atoms with Crippen molar-refractivity contribution < 1.29 is 5.11 Å². The standard InChI is InChI=1S/2C6H5.C2H5O.BrH.Sn/c2*1-2-4-6-5-3-1;1-2-3;;/h2*1-5H;3H,1-2H2;1H;/q;;;;+1/p-1. The predicted molar refractivity (Wildman–Crippen MR) is 78.7 cm³/mol. The first-order valence-electron chi connectivity index (χ1n) is 5.68. The number of rotatable bonds is 4. The van der Waals surface area contributed by atoms with Gasteiger partial charge in [0.15, 0.2) is 0 Å². The summed E-state index contributed by atoms with van der Waals surface area (Å²) >= 11 is 1.23. The van der Waals surface area contributed by atoms with Gasteiger partial charge < -0.3 is 0 Å². The molecule has 1 nitrogen and oxygen atoms in total. The molecule has 1 N–H and O–H groups in total. The molecule has 0 aliphatic rings. The summed E-state index contributed by atoms with van der Waals surface area (Å²) in [5.41, 5.74) is 0. The molecule has 88 valence electrons. The molecule has 0 aliphatic carbocycles. The number of aliphatic hydroxyl groups excluding tert-OH is 1. The molecular weight excluding hydrogens is 383 g/mol. The van der Waals surface area contributed by atoms with Crippen LogP contribution in [0, 0.1) is 0 Å². The average molecular weight is 398 g/mol. The van der Waals surface area contributed by atoms with E-state index in [-0.39, 0.29) is 6.61 Å². The van der Waals surface area contributed by atoms with E-state index in [9.17, 15) is 5.11 Å². The van der Waals surface area contributed by atoms with Gasteiger partial charge in [-0.25, -0.2) is 0 Å². The molecule has 0 amide bonds. The number of halogens is 1. The van der Waals surface area contributed by atoms with Crippen LogP contribution in [0.1, 0.15) is 0 Å². The van der Waals surface area contributed by atoms with Crippen LogP contribution in [0.3, 0.4) is 0 Å². The minimum atomic E-state index is -2.78. The molecule has 0 aliphatic heterocycles. The van der Waals surface area contributed by atoms with Gasteiger partial charge in [0.1, 0.15) is 0 Å². The van der Waals surface area contributed by atoms with E-state index >= 15 is 0 Å². The van der Waals surface area contributed by atoms with Gasteiger partial charge in [-0.15, -0.1) is 0 Å². The van der Waals surface area contributed by atoms with Gasteiger partial charge in [0, 0.05) is 0 Å². The molecule has 0 fully saturated rings. The van der Waals surface area contributed by atoms with E-state index in [0.717, 1.165) is 4.44 Å². The SMILES string of the molecule is OC[CH2][Sn]([Br])([c]1ccccc1)[c]1ccccc1. The fraction of sp³-hybridized carbons (Fsp3) is 0.143. The van der Waals surface area contributed by atoms with Crippen molar-refractivity contribution in [2.24, 2.45) is 0 Å². The minimum absolute atomic E-state index is 0.241. The number of hydrogen-bond acceptors (Lipinski definition) is 1. The fourth-order valence-corrected chi connectivity index (χ4v) is 14.3. The van der Waals surface area contributed by atoms with Gasteiger partial charge >= 0.3 is 113 Å². The zero-order valence-electron chi connectivity index (χ0n) is 9.51. The van der Waals surface area contributed by atoms with E-state index in [4.69, 9.17) is 0 Å². The van der Waals surface area contributed by atoms with Crippen LogP contribution in [0.25, 0.3) is 0 Å². The molecule has 2 aromatic carbocycles. The Kier molecular flexibility index (Phi) is 4.65. The Morgan fingerprint density at radius 3 is 1.59 bits per heavy atom. The van der Waals surface area contributed by atoms with Gasteiger partial charge in [0.25, 0.3) is 0 Å². The fourth-order valence-electron chi connectivity index (χ4n) is 2.01. The summed E-state index contributed by atoms with van der Waals surface area (Å²) in [5, 5.41) is 9.35. The van der Waals surface area contributed by atoms with Crippen molar-refractivity contribution in [3.8, 4) is 0 Å². The van der Waals surface area contributed by atoms with Crippen LogP contribution in [0.5, 0.6) is 0 Å². The quantitative estimate of drug-likeness (QED) is 0.784. The van der Waals surface area contributed by atoms with Crippen molar-refractivity contribution in [1.82, 2.24) is 0 Å². The molecule has 0 saturated heterocycles. The number of aliphatic hydroxyl groups is 1. The molecule has 0 unspecified atom stereocenters. The van der Waals surface area contributed by atoms with Crippen LogP contribution in [0.2, 0.25) is 4.44 Å². The van der Waals surface area contributed by atoms with Gasteiger partial charge in [-0.3, -0.25) is 0 Å². The summed E-state index contributed by atoms with van der Waals surface area (Å²) in [5.74, 6) is 0. The zero-order chi connectivity index (χ0) is 12.1. The molecule has 17 heavy (non-hydrogen) atoms. The number of benzene rings is 2. The van der Waals surface area contributed by atoms with E-state index in [0.29, 0.717) is 0 Å². The van der Waals surface area contributed by atoms with E-state index < -0.39 is 16.2 Å². The third-order valence-corrected chi connectivity index (χ3v) is 21.5. The normalized spacial score (nSPS) is 11.4. The van der Waals surface area contributed by atoms with Crippen LogP contribution < -0.4 is 7.16 Å². The van der Waals surface area contributed by atoms with Crippen LogP contribution in [-0.2, 0) is 0 Å². The van der Waals surface area contributed by atoms with Crippen molar-refractivity contribution in [2.45, 2.75) is 4.44 Å². The van der Waals surface area contributed by atoms with Crippen molar-refractivity contribution >= 4 is 36.0 Å². The molecule has 0 aromatic heterocycles. The molecule has 0 atom stereocenters.